The highest BCUT2D eigenvalue weighted by molar-refractivity contribution is 5.26. The maximum Gasteiger partial charge on any atom is 0.137 e. The molecule has 0 amide bonds. The molecule has 1 N–H and O–H groups in total. The molecule has 0 saturated heterocycles. The summed E-state index contributed by atoms with van der Waals surface area (Å²) in [6.07, 6.45) is 5.76. The van der Waals surface area contributed by atoms with Gasteiger partial charge in [0.1, 0.15) is 5.75 Å². The maximum atomic E-state index is 5.26. The van der Waals surface area contributed by atoms with Crippen molar-refractivity contribution in [2.24, 2.45) is 0 Å². The Hall–Kier alpha value is -1.87. The fourth-order valence-electron chi connectivity index (χ4n) is 2.33. The van der Waals surface area contributed by atoms with E-state index in [1.165, 1.54) is 11.1 Å². The van der Waals surface area contributed by atoms with Crippen molar-refractivity contribution in [1.82, 2.24) is 10.3 Å². The van der Waals surface area contributed by atoms with E-state index in [9.17, 15) is 0 Å². The Kier molecular flexibility index (Phi) is 5.56. The van der Waals surface area contributed by atoms with Gasteiger partial charge in [0.15, 0.2) is 0 Å². The molecule has 1 atom stereocenters. The zero-order valence-corrected chi connectivity index (χ0v) is 12.2. The Morgan fingerprint density at radius 1 is 1.20 bits per heavy atom. The monoisotopic (exact) mass is 270 g/mol. The molecule has 0 aliphatic carbocycles. The Balaban J connectivity index is 2.06. The lowest BCUT2D eigenvalue weighted by atomic mass is 10.00. The smallest absolute Gasteiger partial charge is 0.137 e. The molecular weight excluding hydrogens is 248 g/mol. The van der Waals surface area contributed by atoms with Gasteiger partial charge in [-0.25, -0.2) is 0 Å². The van der Waals surface area contributed by atoms with Gasteiger partial charge in [0, 0.05) is 12.2 Å². The largest absolute Gasteiger partial charge is 0.495 e. The van der Waals surface area contributed by atoms with Crippen molar-refractivity contribution in [2.45, 2.75) is 25.8 Å². The summed E-state index contributed by atoms with van der Waals surface area (Å²) in [6, 6.07) is 12.9. The molecule has 1 aromatic heterocycles. The van der Waals surface area contributed by atoms with Crippen molar-refractivity contribution in [2.75, 3.05) is 13.7 Å². The highest BCUT2D eigenvalue weighted by Gasteiger charge is 2.11. The second kappa shape index (κ2) is 7.65. The van der Waals surface area contributed by atoms with Gasteiger partial charge in [-0.05, 0) is 36.6 Å². The van der Waals surface area contributed by atoms with Crippen LogP contribution in [0.25, 0.3) is 0 Å². The molecule has 0 aliphatic rings. The molecule has 20 heavy (non-hydrogen) atoms. The van der Waals surface area contributed by atoms with Crippen molar-refractivity contribution in [3.05, 3.63) is 59.9 Å². The van der Waals surface area contributed by atoms with Gasteiger partial charge in [0.05, 0.1) is 13.3 Å². The van der Waals surface area contributed by atoms with E-state index in [4.69, 9.17) is 4.74 Å². The summed E-state index contributed by atoms with van der Waals surface area (Å²) in [5.41, 5.74) is 2.55. The molecule has 0 saturated carbocycles. The topological polar surface area (TPSA) is 34.2 Å². The quantitative estimate of drug-likeness (QED) is 0.837. The number of pyridine rings is 1. The van der Waals surface area contributed by atoms with Crippen LogP contribution < -0.4 is 10.1 Å². The van der Waals surface area contributed by atoms with Gasteiger partial charge >= 0.3 is 0 Å². The van der Waals surface area contributed by atoms with Crippen molar-refractivity contribution in [3.63, 3.8) is 0 Å². The highest BCUT2D eigenvalue weighted by atomic mass is 16.5. The Morgan fingerprint density at radius 3 is 2.70 bits per heavy atom. The number of aryl methyl sites for hydroxylation is 1. The van der Waals surface area contributed by atoms with E-state index in [0.29, 0.717) is 6.04 Å². The van der Waals surface area contributed by atoms with Gasteiger partial charge in [-0.1, -0.05) is 37.3 Å². The van der Waals surface area contributed by atoms with Crippen LogP contribution in [0, 0.1) is 0 Å². The van der Waals surface area contributed by atoms with Gasteiger partial charge in [-0.15, -0.1) is 0 Å². The molecule has 2 aromatic rings. The van der Waals surface area contributed by atoms with E-state index in [-0.39, 0.29) is 0 Å². The summed E-state index contributed by atoms with van der Waals surface area (Å²) in [5, 5.41) is 3.52. The van der Waals surface area contributed by atoms with Crippen LogP contribution in [0.2, 0.25) is 0 Å². The van der Waals surface area contributed by atoms with Crippen molar-refractivity contribution in [3.8, 4) is 5.75 Å². The van der Waals surface area contributed by atoms with Crippen LogP contribution in [0.1, 0.15) is 30.5 Å². The second-order valence-corrected chi connectivity index (χ2v) is 4.79. The van der Waals surface area contributed by atoms with E-state index in [1.807, 2.05) is 6.20 Å². The van der Waals surface area contributed by atoms with Crippen molar-refractivity contribution < 1.29 is 4.74 Å². The predicted octanol–water partition coefficient (Wildman–Crippen LogP) is 3.37. The van der Waals surface area contributed by atoms with E-state index >= 15 is 0 Å². The minimum Gasteiger partial charge on any atom is -0.495 e. The van der Waals surface area contributed by atoms with Crippen LogP contribution in [0.3, 0.4) is 0 Å². The molecule has 0 radical (unpaired) electrons. The number of methoxy groups -OCH3 is 1. The molecule has 1 aromatic carbocycles. The molecule has 1 unspecified atom stereocenters. The van der Waals surface area contributed by atoms with Crippen LogP contribution in [0.15, 0.2) is 48.8 Å². The predicted molar refractivity (Wildman–Crippen MR) is 82.0 cm³/mol. The molecule has 3 nitrogen and oxygen atoms in total. The first-order valence-corrected chi connectivity index (χ1v) is 7.09. The Morgan fingerprint density at radius 2 is 2.00 bits per heavy atom. The molecule has 0 fully saturated rings. The minimum absolute atomic E-state index is 0.308. The van der Waals surface area contributed by atoms with Gasteiger partial charge in [-0.2, -0.15) is 0 Å². The van der Waals surface area contributed by atoms with E-state index in [1.54, 1.807) is 13.3 Å². The van der Waals surface area contributed by atoms with Crippen molar-refractivity contribution >= 4 is 0 Å². The summed E-state index contributed by atoms with van der Waals surface area (Å²) in [6.45, 7) is 3.07. The van der Waals surface area contributed by atoms with Crippen LogP contribution in [-0.4, -0.2) is 18.6 Å². The number of ether oxygens (including phenoxy) is 1. The standard InChI is InChI=1S/C17H22N2O/c1-3-19-17(10-9-14-7-5-4-6-8-14)15-11-16(20-2)13-18-12-15/h4-8,11-13,17,19H,3,9-10H2,1-2H3. The van der Waals surface area contributed by atoms with Gasteiger partial charge < -0.3 is 10.1 Å². The molecule has 0 aliphatic heterocycles. The SMILES string of the molecule is CCNC(CCc1ccccc1)c1cncc(OC)c1. The zero-order valence-electron chi connectivity index (χ0n) is 12.2. The Labute approximate surface area is 121 Å². The average Bonchev–Trinajstić information content (AvgIpc) is 2.52. The van der Waals surface area contributed by atoms with Gasteiger partial charge in [0.25, 0.3) is 0 Å². The molecule has 0 spiro atoms. The third-order valence-corrected chi connectivity index (χ3v) is 3.39. The first-order chi connectivity index (χ1) is 9.83. The number of nitrogens with zero attached hydrogens (tertiary/aromatic N) is 1. The fraction of sp³-hybridized carbons (Fsp3) is 0.353. The molecule has 0 bridgehead atoms. The zero-order chi connectivity index (χ0) is 14.2. The van der Waals surface area contributed by atoms with Crippen LogP contribution in [0.4, 0.5) is 0 Å². The van der Waals surface area contributed by atoms with Gasteiger partial charge in [0.2, 0.25) is 0 Å². The summed E-state index contributed by atoms with van der Waals surface area (Å²) >= 11 is 0. The number of hydrogen-bond acceptors (Lipinski definition) is 3. The second-order valence-electron chi connectivity index (χ2n) is 4.79. The lowest BCUT2D eigenvalue weighted by Crippen LogP contribution is -2.21. The van der Waals surface area contributed by atoms with E-state index < -0.39 is 0 Å². The number of aromatic nitrogens is 1. The van der Waals surface area contributed by atoms with Crippen LogP contribution >= 0.6 is 0 Å². The number of benzene rings is 1. The summed E-state index contributed by atoms with van der Waals surface area (Å²) in [7, 11) is 1.67. The average molecular weight is 270 g/mol. The van der Waals surface area contributed by atoms with Crippen LogP contribution in [0.5, 0.6) is 5.75 Å². The van der Waals surface area contributed by atoms with E-state index in [0.717, 1.165) is 25.1 Å². The number of rotatable bonds is 7. The number of nitrogens with one attached hydrogen (secondary N) is 1. The molecule has 3 heteroatoms. The lowest BCUT2D eigenvalue weighted by molar-refractivity contribution is 0.410. The molecule has 106 valence electrons. The number of hydrogen-bond donors (Lipinski definition) is 1. The van der Waals surface area contributed by atoms with E-state index in [2.05, 4.69) is 53.6 Å². The molecule has 1 heterocycles. The summed E-state index contributed by atoms with van der Waals surface area (Å²) in [5.74, 6) is 0.810. The van der Waals surface area contributed by atoms with Crippen molar-refractivity contribution in [1.29, 1.82) is 0 Å². The van der Waals surface area contributed by atoms with Crippen LogP contribution in [-0.2, 0) is 6.42 Å². The third kappa shape index (κ3) is 4.07. The first-order valence-electron chi connectivity index (χ1n) is 7.09. The maximum absolute atomic E-state index is 5.26. The molecule has 2 rings (SSSR count). The minimum atomic E-state index is 0.308. The fourth-order valence-corrected chi connectivity index (χ4v) is 2.33. The summed E-state index contributed by atoms with van der Waals surface area (Å²) in [4.78, 5) is 4.25. The molecular formula is C17H22N2O. The summed E-state index contributed by atoms with van der Waals surface area (Å²) < 4.78 is 5.26. The van der Waals surface area contributed by atoms with Gasteiger partial charge in [-0.3, -0.25) is 4.98 Å². The third-order valence-electron chi connectivity index (χ3n) is 3.39. The lowest BCUT2D eigenvalue weighted by Gasteiger charge is -2.18. The Bertz CT molecular complexity index is 513. The normalized spacial score (nSPS) is 12.1. The highest BCUT2D eigenvalue weighted by Crippen LogP contribution is 2.22. The first kappa shape index (κ1) is 14.5.